The summed E-state index contributed by atoms with van der Waals surface area (Å²) < 4.78 is 0. The number of aryl methyl sites for hydroxylation is 1. The predicted octanol–water partition coefficient (Wildman–Crippen LogP) is 1.12. The van der Waals surface area contributed by atoms with Crippen molar-refractivity contribution in [3.05, 3.63) is 33.2 Å². The van der Waals surface area contributed by atoms with Crippen molar-refractivity contribution in [2.45, 2.75) is 20.3 Å². The van der Waals surface area contributed by atoms with Gasteiger partial charge in [-0.3, -0.25) is 4.79 Å². The SMILES string of the molecule is CCc1c(C)c[nH]c(=O)c1C#N. The lowest BCUT2D eigenvalue weighted by Crippen LogP contribution is -2.13. The molecule has 1 heterocycles. The summed E-state index contributed by atoms with van der Waals surface area (Å²) in [5.74, 6) is 0. The Morgan fingerprint density at radius 1 is 1.67 bits per heavy atom. The van der Waals surface area contributed by atoms with E-state index in [9.17, 15) is 4.79 Å². The van der Waals surface area contributed by atoms with Gasteiger partial charge in [-0.2, -0.15) is 5.26 Å². The van der Waals surface area contributed by atoms with Gasteiger partial charge in [0, 0.05) is 6.20 Å². The van der Waals surface area contributed by atoms with Crippen LogP contribution in [-0.4, -0.2) is 4.98 Å². The molecule has 0 radical (unpaired) electrons. The average molecular weight is 162 g/mol. The first-order valence-corrected chi connectivity index (χ1v) is 3.82. The number of H-pyrrole nitrogens is 1. The molecule has 0 aromatic carbocycles. The van der Waals surface area contributed by atoms with E-state index in [0.717, 1.165) is 17.5 Å². The summed E-state index contributed by atoms with van der Waals surface area (Å²) in [5.41, 5.74) is 1.77. The fourth-order valence-electron chi connectivity index (χ4n) is 1.24. The number of hydrogen-bond donors (Lipinski definition) is 1. The lowest BCUT2D eigenvalue weighted by Gasteiger charge is -2.02. The maximum atomic E-state index is 11.1. The van der Waals surface area contributed by atoms with Crippen LogP contribution in [0.3, 0.4) is 0 Å². The molecule has 62 valence electrons. The van der Waals surface area contributed by atoms with Crippen molar-refractivity contribution in [3.8, 4) is 6.07 Å². The molecule has 1 aromatic rings. The fourth-order valence-corrected chi connectivity index (χ4v) is 1.24. The molecule has 0 saturated carbocycles. The second kappa shape index (κ2) is 3.22. The van der Waals surface area contributed by atoms with Crippen LogP contribution in [0.1, 0.15) is 23.6 Å². The van der Waals surface area contributed by atoms with Gasteiger partial charge in [-0.1, -0.05) is 6.92 Å². The normalized spacial score (nSPS) is 9.42. The van der Waals surface area contributed by atoms with Crippen molar-refractivity contribution < 1.29 is 0 Å². The van der Waals surface area contributed by atoms with E-state index in [-0.39, 0.29) is 11.1 Å². The molecule has 0 amide bonds. The fraction of sp³-hybridized carbons (Fsp3) is 0.333. The number of pyridine rings is 1. The maximum absolute atomic E-state index is 11.1. The summed E-state index contributed by atoms with van der Waals surface area (Å²) in [7, 11) is 0. The molecule has 0 fully saturated rings. The maximum Gasteiger partial charge on any atom is 0.266 e. The number of nitrogens with zero attached hydrogens (tertiary/aromatic N) is 1. The lowest BCUT2D eigenvalue weighted by molar-refractivity contribution is 1.04. The molecule has 0 bridgehead atoms. The number of nitrogens with one attached hydrogen (secondary N) is 1. The molecule has 0 aliphatic rings. The standard InChI is InChI=1S/C9H10N2O/c1-3-7-6(2)5-11-9(12)8(7)4-10/h5H,3H2,1-2H3,(H,11,12). The van der Waals surface area contributed by atoms with Gasteiger partial charge in [0.1, 0.15) is 11.6 Å². The van der Waals surface area contributed by atoms with Gasteiger partial charge in [0.05, 0.1) is 0 Å². The summed E-state index contributed by atoms with van der Waals surface area (Å²) in [6.45, 7) is 3.82. The quantitative estimate of drug-likeness (QED) is 0.672. The molecule has 12 heavy (non-hydrogen) atoms. The summed E-state index contributed by atoms with van der Waals surface area (Å²) in [6.07, 6.45) is 2.36. The number of aromatic nitrogens is 1. The van der Waals surface area contributed by atoms with Crippen LogP contribution in [0.2, 0.25) is 0 Å². The van der Waals surface area contributed by atoms with Gasteiger partial charge in [-0.25, -0.2) is 0 Å². The first kappa shape index (κ1) is 8.54. The second-order valence-corrected chi connectivity index (χ2v) is 2.62. The van der Waals surface area contributed by atoms with E-state index in [1.807, 2.05) is 19.9 Å². The molecule has 0 atom stereocenters. The molecule has 0 aliphatic heterocycles. The number of hydrogen-bond acceptors (Lipinski definition) is 2. The van der Waals surface area contributed by atoms with Crippen LogP contribution in [0.25, 0.3) is 0 Å². The second-order valence-electron chi connectivity index (χ2n) is 2.62. The smallest absolute Gasteiger partial charge is 0.266 e. The minimum Gasteiger partial charge on any atom is -0.328 e. The van der Waals surface area contributed by atoms with Gasteiger partial charge in [0.25, 0.3) is 5.56 Å². The van der Waals surface area contributed by atoms with Crippen LogP contribution in [0, 0.1) is 18.3 Å². The Bertz CT molecular complexity index is 384. The van der Waals surface area contributed by atoms with Crippen molar-refractivity contribution >= 4 is 0 Å². The minimum atomic E-state index is -0.292. The molecule has 3 nitrogen and oxygen atoms in total. The highest BCUT2D eigenvalue weighted by Crippen LogP contribution is 2.08. The van der Waals surface area contributed by atoms with Crippen LogP contribution in [0.4, 0.5) is 0 Å². The van der Waals surface area contributed by atoms with Crippen molar-refractivity contribution in [2.24, 2.45) is 0 Å². The van der Waals surface area contributed by atoms with Crippen LogP contribution in [0.5, 0.6) is 0 Å². The highest BCUT2D eigenvalue weighted by Gasteiger charge is 2.06. The molecule has 1 N–H and O–H groups in total. The zero-order valence-electron chi connectivity index (χ0n) is 7.14. The molecule has 1 aromatic heterocycles. The van der Waals surface area contributed by atoms with E-state index in [2.05, 4.69) is 4.98 Å². The Morgan fingerprint density at radius 2 is 2.33 bits per heavy atom. The van der Waals surface area contributed by atoms with Gasteiger partial charge in [-0.15, -0.1) is 0 Å². The predicted molar refractivity (Wildman–Crippen MR) is 45.9 cm³/mol. The zero-order valence-corrected chi connectivity index (χ0v) is 7.14. The highest BCUT2D eigenvalue weighted by molar-refractivity contribution is 5.39. The molecular formula is C9H10N2O. The van der Waals surface area contributed by atoms with Gasteiger partial charge in [-0.05, 0) is 24.5 Å². The van der Waals surface area contributed by atoms with E-state index in [1.165, 1.54) is 0 Å². The van der Waals surface area contributed by atoms with E-state index >= 15 is 0 Å². The van der Waals surface area contributed by atoms with Crippen molar-refractivity contribution in [3.63, 3.8) is 0 Å². The number of nitriles is 1. The van der Waals surface area contributed by atoms with E-state index in [1.54, 1.807) is 6.20 Å². The van der Waals surface area contributed by atoms with E-state index in [4.69, 9.17) is 5.26 Å². The van der Waals surface area contributed by atoms with Gasteiger partial charge >= 0.3 is 0 Å². The number of aromatic amines is 1. The van der Waals surface area contributed by atoms with Crippen LogP contribution in [0.15, 0.2) is 11.0 Å². The Hall–Kier alpha value is -1.56. The molecule has 3 heteroatoms. The van der Waals surface area contributed by atoms with Crippen molar-refractivity contribution in [2.75, 3.05) is 0 Å². The molecule has 0 spiro atoms. The summed E-state index contributed by atoms with van der Waals surface area (Å²) in [5, 5.41) is 8.68. The van der Waals surface area contributed by atoms with Crippen LogP contribution >= 0.6 is 0 Å². The Balaban J connectivity index is 3.52. The van der Waals surface area contributed by atoms with Gasteiger partial charge in [0.15, 0.2) is 0 Å². The molecule has 0 saturated heterocycles. The zero-order chi connectivity index (χ0) is 9.14. The Morgan fingerprint density at radius 3 is 2.75 bits per heavy atom. The molecular weight excluding hydrogens is 152 g/mol. The highest BCUT2D eigenvalue weighted by atomic mass is 16.1. The molecule has 1 rings (SSSR count). The van der Waals surface area contributed by atoms with Crippen LogP contribution in [-0.2, 0) is 6.42 Å². The first-order chi connectivity index (χ1) is 5.70. The third-order valence-electron chi connectivity index (χ3n) is 1.89. The lowest BCUT2D eigenvalue weighted by atomic mass is 10.0. The van der Waals surface area contributed by atoms with Crippen molar-refractivity contribution in [1.82, 2.24) is 4.98 Å². The van der Waals surface area contributed by atoms with Crippen molar-refractivity contribution in [1.29, 1.82) is 5.26 Å². The summed E-state index contributed by atoms with van der Waals surface area (Å²) in [4.78, 5) is 13.6. The Labute approximate surface area is 70.7 Å². The van der Waals surface area contributed by atoms with E-state index < -0.39 is 0 Å². The monoisotopic (exact) mass is 162 g/mol. The Kier molecular flexibility index (Phi) is 2.29. The minimum absolute atomic E-state index is 0.248. The van der Waals surface area contributed by atoms with E-state index in [0.29, 0.717) is 0 Å². The number of rotatable bonds is 1. The molecule has 0 aliphatic carbocycles. The third kappa shape index (κ3) is 1.24. The first-order valence-electron chi connectivity index (χ1n) is 3.82. The largest absolute Gasteiger partial charge is 0.328 e. The third-order valence-corrected chi connectivity index (χ3v) is 1.89. The average Bonchev–Trinajstić information content (AvgIpc) is 2.08. The van der Waals surface area contributed by atoms with Crippen LogP contribution < -0.4 is 5.56 Å². The van der Waals surface area contributed by atoms with Gasteiger partial charge in [0.2, 0.25) is 0 Å². The van der Waals surface area contributed by atoms with Gasteiger partial charge < -0.3 is 4.98 Å². The molecule has 0 unspecified atom stereocenters. The topological polar surface area (TPSA) is 56.6 Å². The summed E-state index contributed by atoms with van der Waals surface area (Å²) in [6, 6.07) is 1.91. The summed E-state index contributed by atoms with van der Waals surface area (Å²) >= 11 is 0.